The molecule has 1 heterocycles. The Labute approximate surface area is 112 Å². The first-order valence-electron chi connectivity index (χ1n) is 6.04. The number of rotatable bonds is 5. The zero-order chi connectivity index (χ0) is 13.0. The zero-order valence-corrected chi connectivity index (χ0v) is 11.5. The van der Waals surface area contributed by atoms with Gasteiger partial charge in [0.15, 0.2) is 5.78 Å². The van der Waals surface area contributed by atoms with Gasteiger partial charge in [0, 0.05) is 18.7 Å². The number of ketones is 1. The molecule has 0 saturated carbocycles. The summed E-state index contributed by atoms with van der Waals surface area (Å²) in [6, 6.07) is 10.1. The second kappa shape index (κ2) is 5.83. The van der Waals surface area contributed by atoms with E-state index in [1.807, 2.05) is 17.5 Å². The van der Waals surface area contributed by atoms with E-state index in [9.17, 15) is 4.79 Å². The monoisotopic (exact) mass is 259 g/mol. The van der Waals surface area contributed by atoms with Crippen LogP contribution in [0.15, 0.2) is 35.7 Å². The normalized spacial score (nSPS) is 10.3. The first-order valence-corrected chi connectivity index (χ1v) is 6.92. The average Bonchev–Trinajstić information content (AvgIpc) is 2.80. The van der Waals surface area contributed by atoms with Crippen LogP contribution in [0, 0.1) is 13.8 Å². The highest BCUT2D eigenvalue weighted by Gasteiger charge is 2.05. The molecule has 0 spiro atoms. The number of thiophene rings is 1. The number of nitrogens with one attached hydrogen (secondary N) is 1. The van der Waals surface area contributed by atoms with E-state index >= 15 is 0 Å². The van der Waals surface area contributed by atoms with Gasteiger partial charge in [-0.2, -0.15) is 0 Å². The topological polar surface area (TPSA) is 29.1 Å². The van der Waals surface area contributed by atoms with Crippen molar-refractivity contribution in [3.8, 4) is 0 Å². The van der Waals surface area contributed by atoms with Crippen molar-refractivity contribution in [1.82, 2.24) is 0 Å². The van der Waals surface area contributed by atoms with Gasteiger partial charge in [-0.15, -0.1) is 11.3 Å². The van der Waals surface area contributed by atoms with Gasteiger partial charge >= 0.3 is 0 Å². The van der Waals surface area contributed by atoms with E-state index in [1.54, 1.807) is 0 Å². The van der Waals surface area contributed by atoms with E-state index in [0.29, 0.717) is 13.0 Å². The van der Waals surface area contributed by atoms with E-state index in [0.717, 1.165) is 10.6 Å². The molecule has 3 heteroatoms. The molecule has 0 atom stereocenters. The van der Waals surface area contributed by atoms with E-state index in [2.05, 4.69) is 37.4 Å². The zero-order valence-electron chi connectivity index (χ0n) is 10.7. The van der Waals surface area contributed by atoms with E-state index in [4.69, 9.17) is 0 Å². The summed E-state index contributed by atoms with van der Waals surface area (Å²) in [5.41, 5.74) is 3.57. The fourth-order valence-electron chi connectivity index (χ4n) is 1.96. The van der Waals surface area contributed by atoms with E-state index in [-0.39, 0.29) is 5.78 Å². The smallest absolute Gasteiger partial charge is 0.174 e. The average molecular weight is 259 g/mol. The molecule has 1 aromatic carbocycles. The third-order valence-corrected chi connectivity index (χ3v) is 3.61. The summed E-state index contributed by atoms with van der Waals surface area (Å²) in [7, 11) is 0. The summed E-state index contributed by atoms with van der Waals surface area (Å²) in [4.78, 5) is 12.6. The van der Waals surface area contributed by atoms with Gasteiger partial charge in [0.2, 0.25) is 0 Å². The van der Waals surface area contributed by atoms with Crippen LogP contribution in [-0.2, 0) is 0 Å². The Morgan fingerprint density at radius 1 is 1.22 bits per heavy atom. The molecule has 94 valence electrons. The van der Waals surface area contributed by atoms with Gasteiger partial charge < -0.3 is 5.32 Å². The van der Waals surface area contributed by atoms with Gasteiger partial charge in [-0.1, -0.05) is 12.1 Å². The predicted octanol–water partition coefficient (Wildman–Crippen LogP) is 4.05. The molecule has 0 unspecified atom stereocenters. The number of carbonyl (C=O) groups excluding carboxylic acids is 1. The summed E-state index contributed by atoms with van der Waals surface area (Å²) < 4.78 is 0. The minimum atomic E-state index is 0.210. The highest BCUT2D eigenvalue weighted by molar-refractivity contribution is 7.12. The third kappa shape index (κ3) is 3.44. The Kier molecular flexibility index (Phi) is 4.15. The maximum absolute atomic E-state index is 11.8. The van der Waals surface area contributed by atoms with Crippen LogP contribution < -0.4 is 5.32 Å². The lowest BCUT2D eigenvalue weighted by molar-refractivity contribution is 0.0990. The van der Waals surface area contributed by atoms with Gasteiger partial charge in [-0.3, -0.25) is 4.79 Å². The maximum Gasteiger partial charge on any atom is 0.174 e. The van der Waals surface area contributed by atoms with Crippen molar-refractivity contribution >= 4 is 22.8 Å². The van der Waals surface area contributed by atoms with Crippen molar-refractivity contribution in [1.29, 1.82) is 0 Å². The molecule has 2 aromatic rings. The molecule has 0 aliphatic heterocycles. The number of anilines is 1. The van der Waals surface area contributed by atoms with Crippen molar-refractivity contribution in [3.05, 3.63) is 51.7 Å². The van der Waals surface area contributed by atoms with Crippen LogP contribution in [0.25, 0.3) is 0 Å². The Morgan fingerprint density at radius 2 is 1.94 bits per heavy atom. The minimum absolute atomic E-state index is 0.210. The number of hydrogen-bond donors (Lipinski definition) is 1. The van der Waals surface area contributed by atoms with Crippen LogP contribution in [0.5, 0.6) is 0 Å². The van der Waals surface area contributed by atoms with Crippen molar-refractivity contribution in [2.75, 3.05) is 11.9 Å². The van der Waals surface area contributed by atoms with Crippen LogP contribution in [0.2, 0.25) is 0 Å². The summed E-state index contributed by atoms with van der Waals surface area (Å²) in [6.07, 6.45) is 0.535. The van der Waals surface area contributed by atoms with Crippen LogP contribution in [0.1, 0.15) is 27.2 Å². The molecule has 0 aliphatic rings. The number of Topliss-reactive ketones (excluding diaryl/α,β-unsaturated/α-hetero) is 1. The molecule has 18 heavy (non-hydrogen) atoms. The highest BCUT2D eigenvalue weighted by Crippen LogP contribution is 2.15. The minimum Gasteiger partial charge on any atom is -0.385 e. The van der Waals surface area contributed by atoms with Gasteiger partial charge in [0.05, 0.1) is 4.88 Å². The summed E-state index contributed by atoms with van der Waals surface area (Å²) in [6.45, 7) is 4.84. The number of aryl methyl sites for hydroxylation is 2. The first-order chi connectivity index (χ1) is 8.65. The van der Waals surface area contributed by atoms with Crippen LogP contribution >= 0.6 is 11.3 Å². The SMILES string of the molecule is Cc1cc(C)cc(NCCC(=O)c2cccs2)c1. The van der Waals surface area contributed by atoms with Crippen LogP contribution in [0.4, 0.5) is 5.69 Å². The summed E-state index contributed by atoms with van der Waals surface area (Å²) in [5.74, 6) is 0.210. The van der Waals surface area contributed by atoms with E-state index < -0.39 is 0 Å². The fourth-order valence-corrected chi connectivity index (χ4v) is 2.65. The standard InChI is InChI=1S/C15H17NOS/c1-11-8-12(2)10-13(9-11)16-6-5-14(17)15-4-3-7-18-15/h3-4,7-10,16H,5-6H2,1-2H3. The van der Waals surface area contributed by atoms with Crippen molar-refractivity contribution in [2.24, 2.45) is 0 Å². The molecule has 1 N–H and O–H groups in total. The molecular formula is C15H17NOS. The van der Waals surface area contributed by atoms with E-state index in [1.165, 1.54) is 22.5 Å². The lowest BCUT2D eigenvalue weighted by Crippen LogP contribution is -2.08. The van der Waals surface area contributed by atoms with Crippen LogP contribution in [0.3, 0.4) is 0 Å². The maximum atomic E-state index is 11.8. The lowest BCUT2D eigenvalue weighted by Gasteiger charge is -2.07. The third-order valence-electron chi connectivity index (χ3n) is 2.70. The number of benzene rings is 1. The summed E-state index contributed by atoms with van der Waals surface area (Å²) >= 11 is 1.50. The molecule has 0 aliphatic carbocycles. The quantitative estimate of drug-likeness (QED) is 0.821. The number of hydrogen-bond acceptors (Lipinski definition) is 3. The van der Waals surface area contributed by atoms with Gasteiger partial charge in [-0.05, 0) is 48.6 Å². The molecule has 2 nitrogen and oxygen atoms in total. The second-order valence-corrected chi connectivity index (χ2v) is 5.40. The Morgan fingerprint density at radius 3 is 2.56 bits per heavy atom. The van der Waals surface area contributed by atoms with Crippen molar-refractivity contribution < 1.29 is 4.79 Å². The molecular weight excluding hydrogens is 242 g/mol. The number of carbonyl (C=O) groups is 1. The predicted molar refractivity (Wildman–Crippen MR) is 77.7 cm³/mol. The Balaban J connectivity index is 1.87. The lowest BCUT2D eigenvalue weighted by atomic mass is 10.1. The second-order valence-electron chi connectivity index (χ2n) is 4.45. The largest absolute Gasteiger partial charge is 0.385 e. The molecule has 0 bridgehead atoms. The highest BCUT2D eigenvalue weighted by atomic mass is 32.1. The Bertz CT molecular complexity index is 511. The van der Waals surface area contributed by atoms with Crippen molar-refractivity contribution in [3.63, 3.8) is 0 Å². The summed E-state index contributed by atoms with van der Waals surface area (Å²) in [5, 5.41) is 5.24. The van der Waals surface area contributed by atoms with Crippen LogP contribution in [-0.4, -0.2) is 12.3 Å². The first kappa shape index (κ1) is 12.8. The molecule has 0 saturated heterocycles. The van der Waals surface area contributed by atoms with Gasteiger partial charge in [-0.25, -0.2) is 0 Å². The molecule has 2 rings (SSSR count). The molecule has 1 aromatic heterocycles. The van der Waals surface area contributed by atoms with Gasteiger partial charge in [0.25, 0.3) is 0 Å². The molecule has 0 fully saturated rings. The molecule has 0 radical (unpaired) electrons. The van der Waals surface area contributed by atoms with Gasteiger partial charge in [0.1, 0.15) is 0 Å². The molecule has 0 amide bonds. The van der Waals surface area contributed by atoms with Crippen molar-refractivity contribution in [2.45, 2.75) is 20.3 Å². The Hall–Kier alpha value is -1.61. The fraction of sp³-hybridized carbons (Fsp3) is 0.267.